The van der Waals surface area contributed by atoms with Crippen molar-refractivity contribution in [2.24, 2.45) is 11.1 Å². The van der Waals surface area contributed by atoms with E-state index in [2.05, 4.69) is 13.8 Å². The molecule has 0 amide bonds. The van der Waals surface area contributed by atoms with Gasteiger partial charge in [0.1, 0.15) is 0 Å². The summed E-state index contributed by atoms with van der Waals surface area (Å²) < 4.78 is 0. The third kappa shape index (κ3) is 1.62. The zero-order valence-electron chi connectivity index (χ0n) is 7.40. The summed E-state index contributed by atoms with van der Waals surface area (Å²) in [4.78, 5) is 11.3. The molecule has 1 aliphatic carbocycles. The smallest absolute Gasteiger partial charge is 0.160 e. The van der Waals surface area contributed by atoms with Gasteiger partial charge in [0.15, 0.2) is 5.78 Å². The van der Waals surface area contributed by atoms with Crippen LogP contribution >= 0.6 is 0 Å². The van der Waals surface area contributed by atoms with E-state index in [4.69, 9.17) is 5.73 Å². The Morgan fingerprint density at radius 1 is 1.36 bits per heavy atom. The summed E-state index contributed by atoms with van der Waals surface area (Å²) in [5.74, 6) is 0.207. The number of Topliss-reactive ketones (excluding diaryl/α,β-unsaturated/α-hetero) is 1. The van der Waals surface area contributed by atoms with Gasteiger partial charge in [-0.15, -0.1) is 0 Å². The summed E-state index contributed by atoms with van der Waals surface area (Å²) in [6, 6.07) is 0. The first-order valence-electron chi connectivity index (χ1n) is 3.91. The molecule has 0 unspecified atom stereocenters. The number of ketones is 1. The molecule has 1 rings (SSSR count). The lowest BCUT2D eigenvalue weighted by Crippen LogP contribution is -2.27. The normalized spacial score (nSPS) is 24.1. The van der Waals surface area contributed by atoms with Crippen LogP contribution in [0, 0.1) is 5.41 Å². The molecular formula is C9H15NO. The van der Waals surface area contributed by atoms with Crippen LogP contribution in [0.2, 0.25) is 0 Å². The van der Waals surface area contributed by atoms with E-state index < -0.39 is 0 Å². The molecular weight excluding hydrogens is 138 g/mol. The maximum Gasteiger partial charge on any atom is 0.160 e. The number of carbonyl (C=O) groups is 1. The second-order valence-electron chi connectivity index (χ2n) is 4.09. The van der Waals surface area contributed by atoms with E-state index in [1.165, 1.54) is 0 Å². The van der Waals surface area contributed by atoms with Crippen LogP contribution < -0.4 is 5.73 Å². The monoisotopic (exact) mass is 153 g/mol. The fraction of sp³-hybridized carbons (Fsp3) is 0.667. The number of rotatable bonds is 0. The molecule has 1 aliphatic rings. The molecule has 2 heteroatoms. The van der Waals surface area contributed by atoms with Crippen LogP contribution in [0.4, 0.5) is 0 Å². The highest BCUT2D eigenvalue weighted by Crippen LogP contribution is 2.34. The van der Waals surface area contributed by atoms with Crippen LogP contribution in [0.15, 0.2) is 11.3 Å². The van der Waals surface area contributed by atoms with Crippen molar-refractivity contribution in [2.75, 3.05) is 0 Å². The third-order valence-corrected chi connectivity index (χ3v) is 2.21. The summed E-state index contributed by atoms with van der Waals surface area (Å²) in [7, 11) is 0. The van der Waals surface area contributed by atoms with Gasteiger partial charge < -0.3 is 5.73 Å². The van der Waals surface area contributed by atoms with Crippen LogP contribution in [0.5, 0.6) is 0 Å². The minimum atomic E-state index is 0.0701. The van der Waals surface area contributed by atoms with Crippen LogP contribution in [0.25, 0.3) is 0 Å². The molecule has 0 aliphatic heterocycles. The fourth-order valence-electron chi connectivity index (χ4n) is 1.46. The first-order chi connectivity index (χ1) is 4.92. The predicted molar refractivity (Wildman–Crippen MR) is 44.9 cm³/mol. The van der Waals surface area contributed by atoms with E-state index in [1.807, 2.05) is 6.92 Å². The van der Waals surface area contributed by atoms with Crippen molar-refractivity contribution in [3.63, 3.8) is 0 Å². The Bertz CT molecular complexity index is 226. The second kappa shape index (κ2) is 2.36. The standard InChI is InChI=1S/C9H15NO/c1-6-7(10)4-9(2,3)5-8(6)11/h4-5,10H2,1-3H3. The van der Waals surface area contributed by atoms with E-state index in [9.17, 15) is 4.79 Å². The average Bonchev–Trinajstić information content (AvgIpc) is 1.81. The van der Waals surface area contributed by atoms with Gasteiger partial charge in [0.2, 0.25) is 0 Å². The molecule has 0 heterocycles. The van der Waals surface area contributed by atoms with Gasteiger partial charge in [-0.25, -0.2) is 0 Å². The van der Waals surface area contributed by atoms with Crippen molar-refractivity contribution in [1.29, 1.82) is 0 Å². The Labute approximate surface area is 67.5 Å². The molecule has 0 aromatic carbocycles. The molecule has 0 saturated heterocycles. The van der Waals surface area contributed by atoms with E-state index in [-0.39, 0.29) is 11.2 Å². The van der Waals surface area contributed by atoms with Gasteiger partial charge in [0.25, 0.3) is 0 Å². The van der Waals surface area contributed by atoms with Crippen LogP contribution in [-0.2, 0) is 4.79 Å². The van der Waals surface area contributed by atoms with Gasteiger partial charge in [-0.3, -0.25) is 4.79 Å². The van der Waals surface area contributed by atoms with E-state index in [0.29, 0.717) is 6.42 Å². The van der Waals surface area contributed by atoms with Gasteiger partial charge in [-0.05, 0) is 18.8 Å². The summed E-state index contributed by atoms with van der Waals surface area (Å²) >= 11 is 0. The molecule has 0 saturated carbocycles. The maximum atomic E-state index is 11.3. The predicted octanol–water partition coefficient (Wildman–Crippen LogP) is 1.61. The zero-order valence-corrected chi connectivity index (χ0v) is 7.40. The first-order valence-corrected chi connectivity index (χ1v) is 3.91. The molecule has 0 spiro atoms. The lowest BCUT2D eigenvalue weighted by Gasteiger charge is -2.29. The highest BCUT2D eigenvalue weighted by molar-refractivity contribution is 5.96. The van der Waals surface area contributed by atoms with Gasteiger partial charge >= 0.3 is 0 Å². The number of carbonyl (C=O) groups excluding carboxylic acids is 1. The fourth-order valence-corrected chi connectivity index (χ4v) is 1.46. The molecule has 0 fully saturated rings. The first kappa shape index (κ1) is 8.31. The van der Waals surface area contributed by atoms with Crippen molar-refractivity contribution in [2.45, 2.75) is 33.6 Å². The van der Waals surface area contributed by atoms with E-state index in [1.54, 1.807) is 0 Å². The largest absolute Gasteiger partial charge is 0.402 e. The van der Waals surface area contributed by atoms with Gasteiger partial charge in [-0.2, -0.15) is 0 Å². The number of hydrogen-bond acceptors (Lipinski definition) is 2. The van der Waals surface area contributed by atoms with Crippen molar-refractivity contribution in [3.05, 3.63) is 11.3 Å². The van der Waals surface area contributed by atoms with Crippen molar-refractivity contribution < 1.29 is 4.79 Å². The average molecular weight is 153 g/mol. The lowest BCUT2D eigenvalue weighted by molar-refractivity contribution is -0.118. The highest BCUT2D eigenvalue weighted by atomic mass is 16.1. The minimum absolute atomic E-state index is 0.0701. The number of nitrogens with two attached hydrogens (primary N) is 1. The van der Waals surface area contributed by atoms with Crippen molar-refractivity contribution >= 4 is 5.78 Å². The van der Waals surface area contributed by atoms with Crippen LogP contribution in [-0.4, -0.2) is 5.78 Å². The topological polar surface area (TPSA) is 43.1 Å². The Balaban J connectivity index is 2.94. The maximum absolute atomic E-state index is 11.3. The molecule has 0 bridgehead atoms. The summed E-state index contributed by atoms with van der Waals surface area (Å²) in [5.41, 5.74) is 7.31. The number of allylic oxidation sites excluding steroid dienone is 2. The van der Waals surface area contributed by atoms with Crippen molar-refractivity contribution in [1.82, 2.24) is 0 Å². The van der Waals surface area contributed by atoms with Crippen molar-refractivity contribution in [3.8, 4) is 0 Å². The van der Waals surface area contributed by atoms with E-state index >= 15 is 0 Å². The Morgan fingerprint density at radius 3 is 2.36 bits per heavy atom. The molecule has 62 valence electrons. The SMILES string of the molecule is CC1=C(N)CC(C)(C)CC1=O. The Morgan fingerprint density at radius 2 is 1.91 bits per heavy atom. The second-order valence-corrected chi connectivity index (χ2v) is 4.09. The molecule has 2 nitrogen and oxygen atoms in total. The highest BCUT2D eigenvalue weighted by Gasteiger charge is 2.29. The molecule has 11 heavy (non-hydrogen) atoms. The quantitative estimate of drug-likeness (QED) is 0.574. The summed E-state index contributed by atoms with van der Waals surface area (Å²) in [5, 5.41) is 0. The van der Waals surface area contributed by atoms with Gasteiger partial charge in [0.05, 0.1) is 0 Å². The Hall–Kier alpha value is -0.790. The molecule has 0 aromatic heterocycles. The lowest BCUT2D eigenvalue weighted by atomic mass is 9.76. The Kier molecular flexibility index (Phi) is 1.78. The molecule has 2 N–H and O–H groups in total. The summed E-state index contributed by atoms with van der Waals surface area (Å²) in [6.07, 6.45) is 1.49. The van der Waals surface area contributed by atoms with Crippen LogP contribution in [0.1, 0.15) is 33.6 Å². The zero-order chi connectivity index (χ0) is 8.65. The van der Waals surface area contributed by atoms with Gasteiger partial charge in [0, 0.05) is 17.7 Å². The van der Waals surface area contributed by atoms with Gasteiger partial charge in [-0.1, -0.05) is 13.8 Å². The molecule has 0 radical (unpaired) electrons. The van der Waals surface area contributed by atoms with Crippen LogP contribution in [0.3, 0.4) is 0 Å². The third-order valence-electron chi connectivity index (χ3n) is 2.21. The van der Waals surface area contributed by atoms with E-state index in [0.717, 1.165) is 17.7 Å². The number of hydrogen-bond donors (Lipinski definition) is 1. The molecule has 0 atom stereocenters. The molecule has 0 aromatic rings. The summed E-state index contributed by atoms with van der Waals surface area (Å²) in [6.45, 7) is 5.96. The minimum Gasteiger partial charge on any atom is -0.402 e.